The van der Waals surface area contributed by atoms with Crippen molar-refractivity contribution in [2.45, 2.75) is 32.2 Å². The lowest BCUT2D eigenvalue weighted by Gasteiger charge is -2.16. The fourth-order valence-corrected chi connectivity index (χ4v) is 2.45. The maximum Gasteiger partial charge on any atom is 0.241 e. The predicted molar refractivity (Wildman–Crippen MR) is 81.5 cm³/mol. The molecule has 1 heterocycles. The molecule has 1 aliphatic heterocycles. The van der Waals surface area contributed by atoms with Crippen molar-refractivity contribution in [3.05, 3.63) is 35.4 Å². The second-order valence-electron chi connectivity index (χ2n) is 5.52. The second-order valence-corrected chi connectivity index (χ2v) is 5.52. The van der Waals surface area contributed by atoms with Gasteiger partial charge in [-0.25, -0.2) is 0 Å². The summed E-state index contributed by atoms with van der Waals surface area (Å²) in [5.41, 5.74) is 7.83. The van der Waals surface area contributed by atoms with Crippen molar-refractivity contribution in [3.8, 4) is 0 Å². The van der Waals surface area contributed by atoms with Crippen LogP contribution in [0.15, 0.2) is 24.3 Å². The van der Waals surface area contributed by atoms with E-state index in [1.807, 2.05) is 36.1 Å². The fourth-order valence-electron chi connectivity index (χ4n) is 2.45. The third-order valence-electron chi connectivity index (χ3n) is 3.82. The van der Waals surface area contributed by atoms with Gasteiger partial charge in [-0.2, -0.15) is 0 Å². The molecule has 2 amide bonds. The number of nitrogens with zero attached hydrogens (tertiary/aromatic N) is 1. The molecule has 114 valence electrons. The van der Waals surface area contributed by atoms with E-state index in [4.69, 9.17) is 5.73 Å². The van der Waals surface area contributed by atoms with Gasteiger partial charge in [0.2, 0.25) is 11.8 Å². The standard InChI is InChI=1S/C16H23N3O2/c1-12-4-6-13(7-5-12)15(17)16(21)18-9-8-14(20)19-10-2-3-11-19/h4-7,15H,2-3,8-11,17H2,1H3,(H,18,21). The summed E-state index contributed by atoms with van der Waals surface area (Å²) in [7, 11) is 0. The predicted octanol–water partition coefficient (Wildman–Crippen LogP) is 1.12. The molecule has 3 N–H and O–H groups in total. The van der Waals surface area contributed by atoms with E-state index in [1.54, 1.807) is 0 Å². The van der Waals surface area contributed by atoms with Crippen LogP contribution in [0, 0.1) is 6.92 Å². The highest BCUT2D eigenvalue weighted by atomic mass is 16.2. The van der Waals surface area contributed by atoms with Gasteiger partial charge in [0.15, 0.2) is 0 Å². The van der Waals surface area contributed by atoms with Crippen LogP contribution in [0.5, 0.6) is 0 Å². The summed E-state index contributed by atoms with van der Waals surface area (Å²) in [5, 5.41) is 2.74. The lowest BCUT2D eigenvalue weighted by atomic mass is 10.1. The summed E-state index contributed by atoms with van der Waals surface area (Å²) in [6.45, 7) is 4.01. The molecule has 1 unspecified atom stereocenters. The first-order valence-electron chi connectivity index (χ1n) is 7.45. The molecule has 0 saturated carbocycles. The van der Waals surface area contributed by atoms with Crippen LogP contribution < -0.4 is 11.1 Å². The van der Waals surface area contributed by atoms with Crippen LogP contribution in [-0.4, -0.2) is 36.3 Å². The minimum atomic E-state index is -0.688. The van der Waals surface area contributed by atoms with Crippen LogP contribution in [0.4, 0.5) is 0 Å². The first kappa shape index (κ1) is 15.5. The lowest BCUT2D eigenvalue weighted by molar-refractivity contribution is -0.130. The number of nitrogens with two attached hydrogens (primary N) is 1. The minimum Gasteiger partial charge on any atom is -0.354 e. The highest BCUT2D eigenvalue weighted by Gasteiger charge is 2.19. The molecule has 2 rings (SSSR count). The Morgan fingerprint density at radius 3 is 2.48 bits per heavy atom. The van der Waals surface area contributed by atoms with Gasteiger partial charge < -0.3 is 16.0 Å². The Morgan fingerprint density at radius 1 is 1.24 bits per heavy atom. The van der Waals surface area contributed by atoms with Crippen molar-refractivity contribution in [2.24, 2.45) is 5.73 Å². The molecule has 0 aromatic heterocycles. The smallest absolute Gasteiger partial charge is 0.241 e. The molecule has 1 saturated heterocycles. The van der Waals surface area contributed by atoms with E-state index in [-0.39, 0.29) is 11.8 Å². The number of amides is 2. The number of carbonyl (C=O) groups excluding carboxylic acids is 2. The Labute approximate surface area is 125 Å². The quantitative estimate of drug-likeness (QED) is 0.853. The Hall–Kier alpha value is -1.88. The van der Waals surface area contributed by atoms with E-state index in [9.17, 15) is 9.59 Å². The van der Waals surface area contributed by atoms with Gasteiger partial charge in [-0.3, -0.25) is 9.59 Å². The second kappa shape index (κ2) is 7.22. The Balaban J connectivity index is 1.76. The van der Waals surface area contributed by atoms with Gasteiger partial charge in [0.25, 0.3) is 0 Å². The minimum absolute atomic E-state index is 0.108. The molecule has 21 heavy (non-hydrogen) atoms. The molecule has 1 aliphatic rings. The number of hydrogen-bond donors (Lipinski definition) is 2. The topological polar surface area (TPSA) is 75.4 Å². The molecule has 0 spiro atoms. The Bertz CT molecular complexity index is 493. The van der Waals surface area contributed by atoms with Gasteiger partial charge in [-0.05, 0) is 25.3 Å². The third kappa shape index (κ3) is 4.29. The van der Waals surface area contributed by atoms with Gasteiger partial charge in [0.05, 0.1) is 0 Å². The number of carbonyl (C=O) groups is 2. The number of benzene rings is 1. The molecule has 1 aromatic carbocycles. The number of hydrogen-bond acceptors (Lipinski definition) is 3. The first-order chi connectivity index (χ1) is 10.1. The largest absolute Gasteiger partial charge is 0.354 e. The molecule has 1 atom stereocenters. The molecular formula is C16H23N3O2. The number of nitrogens with one attached hydrogen (secondary N) is 1. The zero-order valence-corrected chi connectivity index (χ0v) is 12.5. The summed E-state index contributed by atoms with van der Waals surface area (Å²) in [5.74, 6) is -0.134. The van der Waals surface area contributed by atoms with Crippen LogP contribution in [0.1, 0.15) is 36.4 Å². The molecular weight excluding hydrogens is 266 g/mol. The summed E-state index contributed by atoms with van der Waals surface area (Å²) in [6.07, 6.45) is 2.50. The van der Waals surface area contributed by atoms with Crippen molar-refractivity contribution < 1.29 is 9.59 Å². The zero-order valence-electron chi connectivity index (χ0n) is 12.5. The summed E-state index contributed by atoms with van der Waals surface area (Å²) >= 11 is 0. The maximum absolute atomic E-state index is 12.0. The van der Waals surface area contributed by atoms with Crippen LogP contribution in [0.25, 0.3) is 0 Å². The van der Waals surface area contributed by atoms with Crippen molar-refractivity contribution >= 4 is 11.8 Å². The first-order valence-corrected chi connectivity index (χ1v) is 7.45. The molecule has 0 aliphatic carbocycles. The Kier molecular flexibility index (Phi) is 5.33. The van der Waals surface area contributed by atoms with E-state index in [0.29, 0.717) is 13.0 Å². The fraction of sp³-hybridized carbons (Fsp3) is 0.500. The number of rotatable bonds is 5. The van der Waals surface area contributed by atoms with Crippen molar-refractivity contribution in [2.75, 3.05) is 19.6 Å². The molecule has 0 radical (unpaired) electrons. The number of likely N-dealkylation sites (tertiary alicyclic amines) is 1. The van der Waals surface area contributed by atoms with Gasteiger partial charge in [-0.1, -0.05) is 29.8 Å². The van der Waals surface area contributed by atoms with Crippen LogP contribution in [-0.2, 0) is 9.59 Å². The van der Waals surface area contributed by atoms with E-state index in [2.05, 4.69) is 5.32 Å². The lowest BCUT2D eigenvalue weighted by Crippen LogP contribution is -2.37. The summed E-state index contributed by atoms with van der Waals surface area (Å²) < 4.78 is 0. The van der Waals surface area contributed by atoms with Gasteiger partial charge >= 0.3 is 0 Å². The molecule has 1 aromatic rings. The van der Waals surface area contributed by atoms with Crippen molar-refractivity contribution in [1.29, 1.82) is 0 Å². The monoisotopic (exact) mass is 289 g/mol. The Morgan fingerprint density at radius 2 is 1.86 bits per heavy atom. The average molecular weight is 289 g/mol. The maximum atomic E-state index is 12.0. The normalized spacial score (nSPS) is 15.8. The van der Waals surface area contributed by atoms with E-state index in [1.165, 1.54) is 0 Å². The highest BCUT2D eigenvalue weighted by Crippen LogP contribution is 2.12. The van der Waals surface area contributed by atoms with Gasteiger partial charge in [0, 0.05) is 26.1 Å². The average Bonchev–Trinajstić information content (AvgIpc) is 3.01. The summed E-state index contributed by atoms with van der Waals surface area (Å²) in [6, 6.07) is 6.88. The van der Waals surface area contributed by atoms with Crippen LogP contribution in [0.2, 0.25) is 0 Å². The molecule has 5 heteroatoms. The number of aryl methyl sites for hydroxylation is 1. The van der Waals surface area contributed by atoms with E-state index < -0.39 is 6.04 Å². The van der Waals surface area contributed by atoms with Crippen LogP contribution >= 0.6 is 0 Å². The molecule has 1 fully saturated rings. The van der Waals surface area contributed by atoms with E-state index in [0.717, 1.165) is 37.1 Å². The van der Waals surface area contributed by atoms with Crippen LogP contribution in [0.3, 0.4) is 0 Å². The van der Waals surface area contributed by atoms with Crippen molar-refractivity contribution in [3.63, 3.8) is 0 Å². The van der Waals surface area contributed by atoms with Crippen molar-refractivity contribution in [1.82, 2.24) is 10.2 Å². The third-order valence-corrected chi connectivity index (χ3v) is 3.82. The highest BCUT2D eigenvalue weighted by molar-refractivity contribution is 5.83. The SMILES string of the molecule is Cc1ccc(C(N)C(=O)NCCC(=O)N2CCCC2)cc1. The molecule has 5 nitrogen and oxygen atoms in total. The zero-order chi connectivity index (χ0) is 15.2. The van der Waals surface area contributed by atoms with Gasteiger partial charge in [-0.15, -0.1) is 0 Å². The van der Waals surface area contributed by atoms with E-state index >= 15 is 0 Å². The summed E-state index contributed by atoms with van der Waals surface area (Å²) in [4.78, 5) is 25.7. The van der Waals surface area contributed by atoms with Gasteiger partial charge in [0.1, 0.15) is 6.04 Å². The molecule has 0 bridgehead atoms.